The number of nitrogens with one attached hydrogen (secondary N) is 2. The maximum absolute atomic E-state index is 12.9. The van der Waals surface area contributed by atoms with Crippen LogP contribution in [0.4, 0.5) is 9.18 Å². The number of carbonyl (C=O) groups excluding carboxylic acids is 1. The van der Waals surface area contributed by atoms with Gasteiger partial charge in [-0.05, 0) is 24.1 Å². The Balaban J connectivity index is 2.07. The standard InChI is InChI=1S/C26H43FN2O3/c1-2-3-4-5-6-7-8-9-10-11-12-13-20-28-26(32)29-24(21-30)25(31)19-16-22-14-17-23(27)18-15-22/h14-19,24-25,30-31H,2-13,20-21H2,1H3,(H2,28,29,32). The van der Waals surface area contributed by atoms with E-state index in [9.17, 15) is 19.4 Å². The summed E-state index contributed by atoms with van der Waals surface area (Å²) in [6.07, 6.45) is 17.2. The topological polar surface area (TPSA) is 81.6 Å². The van der Waals surface area contributed by atoms with Gasteiger partial charge in [0.05, 0.1) is 18.8 Å². The summed E-state index contributed by atoms with van der Waals surface area (Å²) in [5.41, 5.74) is 0.721. The molecule has 2 unspecified atom stereocenters. The van der Waals surface area contributed by atoms with Crippen LogP contribution >= 0.6 is 0 Å². The molecule has 0 aromatic heterocycles. The van der Waals surface area contributed by atoms with Gasteiger partial charge in [-0.1, -0.05) is 102 Å². The number of amides is 2. The highest BCUT2D eigenvalue weighted by Crippen LogP contribution is 2.12. The smallest absolute Gasteiger partial charge is 0.315 e. The van der Waals surface area contributed by atoms with Crippen molar-refractivity contribution in [3.8, 4) is 0 Å². The van der Waals surface area contributed by atoms with Gasteiger partial charge in [0.25, 0.3) is 0 Å². The second-order valence-corrected chi connectivity index (χ2v) is 8.48. The van der Waals surface area contributed by atoms with E-state index in [2.05, 4.69) is 17.6 Å². The molecule has 0 heterocycles. The second-order valence-electron chi connectivity index (χ2n) is 8.48. The Bertz CT molecular complexity index is 622. The van der Waals surface area contributed by atoms with Crippen molar-refractivity contribution in [3.05, 3.63) is 41.7 Å². The van der Waals surface area contributed by atoms with E-state index >= 15 is 0 Å². The molecule has 0 fully saturated rings. The number of halogens is 1. The molecule has 0 aliphatic heterocycles. The molecule has 182 valence electrons. The van der Waals surface area contributed by atoms with Crippen molar-refractivity contribution in [1.82, 2.24) is 10.6 Å². The van der Waals surface area contributed by atoms with Gasteiger partial charge >= 0.3 is 6.03 Å². The summed E-state index contributed by atoms with van der Waals surface area (Å²) in [5, 5.41) is 25.0. The molecule has 2 atom stereocenters. The summed E-state index contributed by atoms with van der Waals surface area (Å²) >= 11 is 0. The monoisotopic (exact) mass is 450 g/mol. The molecular weight excluding hydrogens is 407 g/mol. The van der Waals surface area contributed by atoms with Gasteiger partial charge in [-0.15, -0.1) is 0 Å². The molecule has 5 nitrogen and oxygen atoms in total. The van der Waals surface area contributed by atoms with Crippen molar-refractivity contribution in [1.29, 1.82) is 0 Å². The Morgan fingerprint density at radius 1 is 0.938 bits per heavy atom. The average molecular weight is 451 g/mol. The van der Waals surface area contributed by atoms with Gasteiger partial charge in [0.2, 0.25) is 0 Å². The quantitative estimate of drug-likeness (QED) is 0.221. The molecule has 0 saturated carbocycles. The lowest BCUT2D eigenvalue weighted by molar-refractivity contribution is 0.126. The minimum Gasteiger partial charge on any atom is -0.394 e. The first kappa shape index (κ1) is 28.1. The Morgan fingerprint density at radius 2 is 1.47 bits per heavy atom. The Labute approximate surface area is 193 Å². The molecule has 0 bridgehead atoms. The SMILES string of the molecule is CCCCCCCCCCCCCCNC(=O)NC(CO)C(O)C=Cc1ccc(F)cc1. The first-order valence-corrected chi connectivity index (χ1v) is 12.3. The molecule has 0 radical (unpaired) electrons. The van der Waals surface area contributed by atoms with Crippen molar-refractivity contribution in [2.24, 2.45) is 0 Å². The van der Waals surface area contributed by atoms with Gasteiger partial charge in [-0.3, -0.25) is 0 Å². The van der Waals surface area contributed by atoms with Gasteiger partial charge in [0.15, 0.2) is 0 Å². The lowest BCUT2D eigenvalue weighted by Crippen LogP contribution is -2.49. The summed E-state index contributed by atoms with van der Waals surface area (Å²) in [4.78, 5) is 12.0. The number of urea groups is 1. The molecule has 2 amide bonds. The van der Waals surface area contributed by atoms with E-state index < -0.39 is 18.2 Å². The highest BCUT2D eigenvalue weighted by molar-refractivity contribution is 5.74. The van der Waals surface area contributed by atoms with E-state index in [1.807, 2.05) is 0 Å². The molecule has 6 heteroatoms. The highest BCUT2D eigenvalue weighted by Gasteiger charge is 2.18. The van der Waals surface area contributed by atoms with Gasteiger partial charge in [-0.25, -0.2) is 9.18 Å². The molecule has 1 aromatic carbocycles. The Morgan fingerprint density at radius 3 is 2.00 bits per heavy atom. The molecular formula is C26H43FN2O3. The van der Waals surface area contributed by atoms with Crippen LogP contribution in [0.25, 0.3) is 6.08 Å². The van der Waals surface area contributed by atoms with Crippen molar-refractivity contribution in [2.45, 2.75) is 96.1 Å². The molecule has 0 aliphatic carbocycles. The number of hydrogen-bond donors (Lipinski definition) is 4. The van der Waals surface area contributed by atoms with Gasteiger partial charge in [0, 0.05) is 6.54 Å². The van der Waals surface area contributed by atoms with Crippen LogP contribution in [0.3, 0.4) is 0 Å². The summed E-state index contributed by atoms with van der Waals surface area (Å²) in [5.74, 6) is -0.331. The molecule has 0 spiro atoms. The van der Waals surface area contributed by atoms with Crippen LogP contribution in [0, 0.1) is 5.82 Å². The molecule has 0 saturated heterocycles. The van der Waals surface area contributed by atoms with Crippen molar-refractivity contribution in [3.63, 3.8) is 0 Å². The van der Waals surface area contributed by atoms with Gasteiger partial charge < -0.3 is 20.8 Å². The van der Waals surface area contributed by atoms with Crippen LogP contribution in [0.15, 0.2) is 30.3 Å². The van der Waals surface area contributed by atoms with Crippen molar-refractivity contribution >= 4 is 12.1 Å². The largest absolute Gasteiger partial charge is 0.394 e. The normalized spacial score (nSPS) is 13.2. The predicted octanol–water partition coefficient (Wildman–Crippen LogP) is 5.56. The van der Waals surface area contributed by atoms with E-state index in [4.69, 9.17) is 0 Å². The zero-order chi connectivity index (χ0) is 23.4. The van der Waals surface area contributed by atoms with Gasteiger partial charge in [-0.2, -0.15) is 0 Å². The summed E-state index contributed by atoms with van der Waals surface area (Å²) in [6, 6.07) is 4.62. The van der Waals surface area contributed by atoms with Gasteiger partial charge in [0.1, 0.15) is 5.82 Å². The summed E-state index contributed by atoms with van der Waals surface area (Å²) < 4.78 is 12.9. The molecule has 32 heavy (non-hydrogen) atoms. The first-order valence-electron chi connectivity index (χ1n) is 12.3. The lowest BCUT2D eigenvalue weighted by atomic mass is 10.1. The number of benzene rings is 1. The minimum atomic E-state index is -1.05. The van der Waals surface area contributed by atoms with Crippen LogP contribution in [-0.2, 0) is 0 Å². The molecule has 1 aromatic rings. The molecule has 1 rings (SSSR count). The fraction of sp³-hybridized carbons (Fsp3) is 0.654. The highest BCUT2D eigenvalue weighted by atomic mass is 19.1. The van der Waals surface area contributed by atoms with Crippen LogP contribution in [0.5, 0.6) is 0 Å². The van der Waals surface area contributed by atoms with Crippen molar-refractivity contribution in [2.75, 3.05) is 13.2 Å². The minimum absolute atomic E-state index is 0.331. The van der Waals surface area contributed by atoms with Crippen molar-refractivity contribution < 1.29 is 19.4 Å². The van der Waals surface area contributed by atoms with E-state index in [1.54, 1.807) is 18.2 Å². The second kappa shape index (κ2) is 18.6. The average Bonchev–Trinajstić information content (AvgIpc) is 2.80. The maximum Gasteiger partial charge on any atom is 0.315 e. The summed E-state index contributed by atoms with van der Waals surface area (Å²) in [6.45, 7) is 2.43. The lowest BCUT2D eigenvalue weighted by Gasteiger charge is -2.20. The van der Waals surface area contributed by atoms with Crippen LogP contribution in [0.1, 0.15) is 89.5 Å². The van der Waals surface area contributed by atoms with E-state index in [1.165, 1.54) is 82.4 Å². The Kier molecular flexibility index (Phi) is 16.4. The fourth-order valence-corrected chi connectivity index (χ4v) is 3.54. The number of hydrogen-bond acceptors (Lipinski definition) is 3. The third-order valence-corrected chi connectivity index (χ3v) is 5.60. The van der Waals surface area contributed by atoms with Crippen LogP contribution in [-0.4, -0.2) is 41.5 Å². The third kappa shape index (κ3) is 14.2. The number of aliphatic hydroxyl groups excluding tert-OH is 2. The fourth-order valence-electron chi connectivity index (χ4n) is 3.54. The number of aliphatic hydroxyl groups is 2. The summed E-state index contributed by atoms with van der Waals surface area (Å²) in [7, 11) is 0. The zero-order valence-corrected chi connectivity index (χ0v) is 19.7. The number of carbonyl (C=O) groups is 1. The van der Waals surface area contributed by atoms with E-state index in [0.717, 1.165) is 18.4 Å². The maximum atomic E-state index is 12.9. The molecule has 0 aliphatic rings. The predicted molar refractivity (Wildman–Crippen MR) is 130 cm³/mol. The zero-order valence-electron chi connectivity index (χ0n) is 19.7. The number of rotatable bonds is 18. The Hall–Kier alpha value is -1.92. The van der Waals surface area contributed by atoms with E-state index in [0.29, 0.717) is 6.54 Å². The third-order valence-electron chi connectivity index (χ3n) is 5.60. The van der Waals surface area contributed by atoms with Crippen LogP contribution < -0.4 is 10.6 Å². The number of unbranched alkanes of at least 4 members (excludes halogenated alkanes) is 11. The van der Waals surface area contributed by atoms with E-state index in [-0.39, 0.29) is 12.4 Å². The van der Waals surface area contributed by atoms with Crippen LogP contribution in [0.2, 0.25) is 0 Å². The molecule has 4 N–H and O–H groups in total. The first-order chi connectivity index (χ1) is 15.6.